The van der Waals surface area contributed by atoms with E-state index in [1.807, 2.05) is 60.5 Å². The Morgan fingerprint density at radius 3 is 2.43 bits per heavy atom. The molecule has 1 unspecified atom stereocenters. The van der Waals surface area contributed by atoms with E-state index in [-0.39, 0.29) is 17.7 Å². The molecule has 28 heavy (non-hydrogen) atoms. The first-order valence-electron chi connectivity index (χ1n) is 9.84. The van der Waals surface area contributed by atoms with E-state index in [2.05, 4.69) is 4.98 Å². The Kier molecular flexibility index (Phi) is 4.90. The maximum Gasteiger partial charge on any atom is 0.253 e. The minimum Gasteiger partial charge on any atom is -0.369 e. The van der Waals surface area contributed by atoms with Crippen molar-refractivity contribution in [3.63, 3.8) is 0 Å². The standard InChI is InChI=1S/C23H25N3O2/c1-15(22(24)27)16-5-7-17(8-6-16)20-14-25-21-10-9-18(13-19(20)21)23(28)26-11-3-2-4-12-26/h5-10,13-15,25H,2-4,11-12H2,1H3,(H2,24,27). The van der Waals surface area contributed by atoms with Crippen LogP contribution < -0.4 is 5.73 Å². The normalized spacial score (nSPS) is 15.5. The van der Waals surface area contributed by atoms with Crippen molar-refractivity contribution in [3.05, 3.63) is 59.8 Å². The van der Waals surface area contributed by atoms with Crippen molar-refractivity contribution in [2.24, 2.45) is 5.73 Å². The number of nitrogens with two attached hydrogens (primary N) is 1. The number of carbonyl (C=O) groups is 2. The Hall–Kier alpha value is -3.08. The second-order valence-electron chi connectivity index (χ2n) is 7.56. The second kappa shape index (κ2) is 7.50. The Bertz CT molecular complexity index is 1010. The zero-order valence-electron chi connectivity index (χ0n) is 16.1. The summed E-state index contributed by atoms with van der Waals surface area (Å²) in [5, 5.41) is 1.03. The summed E-state index contributed by atoms with van der Waals surface area (Å²) in [6.07, 6.45) is 5.33. The minimum absolute atomic E-state index is 0.111. The number of likely N-dealkylation sites (tertiary alicyclic amines) is 1. The third-order valence-corrected chi connectivity index (χ3v) is 5.72. The molecule has 5 heteroatoms. The largest absolute Gasteiger partial charge is 0.369 e. The average molecular weight is 375 g/mol. The number of hydrogen-bond acceptors (Lipinski definition) is 2. The van der Waals surface area contributed by atoms with Crippen molar-refractivity contribution in [1.82, 2.24) is 9.88 Å². The SMILES string of the molecule is CC(C(N)=O)c1ccc(-c2c[nH]c3ccc(C(=O)N4CCCCC4)cc23)cc1. The van der Waals surface area contributed by atoms with E-state index in [9.17, 15) is 9.59 Å². The van der Waals surface area contributed by atoms with Crippen molar-refractivity contribution in [2.45, 2.75) is 32.1 Å². The number of amides is 2. The number of aromatic nitrogens is 1. The number of nitrogens with zero attached hydrogens (tertiary/aromatic N) is 1. The zero-order valence-corrected chi connectivity index (χ0v) is 16.1. The summed E-state index contributed by atoms with van der Waals surface area (Å²) in [6, 6.07) is 13.7. The molecule has 1 fully saturated rings. The molecule has 2 amide bonds. The molecular formula is C23H25N3O2. The molecule has 0 aliphatic carbocycles. The third-order valence-electron chi connectivity index (χ3n) is 5.72. The summed E-state index contributed by atoms with van der Waals surface area (Å²) < 4.78 is 0. The van der Waals surface area contributed by atoms with Gasteiger partial charge in [0.2, 0.25) is 5.91 Å². The van der Waals surface area contributed by atoms with Gasteiger partial charge in [0, 0.05) is 41.3 Å². The highest BCUT2D eigenvalue weighted by Gasteiger charge is 2.19. The highest BCUT2D eigenvalue weighted by atomic mass is 16.2. The van der Waals surface area contributed by atoms with Crippen molar-refractivity contribution in [3.8, 4) is 11.1 Å². The van der Waals surface area contributed by atoms with Gasteiger partial charge in [0.05, 0.1) is 5.92 Å². The number of nitrogens with one attached hydrogen (secondary N) is 1. The predicted molar refractivity (Wildman–Crippen MR) is 111 cm³/mol. The fourth-order valence-corrected chi connectivity index (χ4v) is 3.89. The van der Waals surface area contributed by atoms with Crippen LogP contribution in [0.5, 0.6) is 0 Å². The Morgan fingerprint density at radius 1 is 1.04 bits per heavy atom. The van der Waals surface area contributed by atoms with Crippen LogP contribution in [0.1, 0.15) is 48.0 Å². The van der Waals surface area contributed by atoms with Gasteiger partial charge in [-0.25, -0.2) is 0 Å². The van der Waals surface area contributed by atoms with Gasteiger partial charge in [0.15, 0.2) is 0 Å². The third kappa shape index (κ3) is 3.40. The minimum atomic E-state index is -0.333. The van der Waals surface area contributed by atoms with Crippen LogP contribution in [0, 0.1) is 0 Å². The van der Waals surface area contributed by atoms with E-state index >= 15 is 0 Å². The molecule has 0 radical (unpaired) electrons. The average Bonchev–Trinajstić information content (AvgIpc) is 3.16. The summed E-state index contributed by atoms with van der Waals surface area (Å²) in [6.45, 7) is 3.49. The summed E-state index contributed by atoms with van der Waals surface area (Å²) in [4.78, 5) is 29.5. The fourth-order valence-electron chi connectivity index (χ4n) is 3.89. The number of hydrogen-bond donors (Lipinski definition) is 2. The van der Waals surface area contributed by atoms with Crippen LogP contribution in [0.25, 0.3) is 22.0 Å². The van der Waals surface area contributed by atoms with Crippen LogP contribution in [-0.2, 0) is 4.79 Å². The lowest BCUT2D eigenvalue weighted by Crippen LogP contribution is -2.35. The van der Waals surface area contributed by atoms with Gasteiger partial charge in [-0.15, -0.1) is 0 Å². The smallest absolute Gasteiger partial charge is 0.253 e. The number of primary amides is 1. The van der Waals surface area contributed by atoms with Crippen molar-refractivity contribution in [1.29, 1.82) is 0 Å². The van der Waals surface area contributed by atoms with Crippen LogP contribution in [-0.4, -0.2) is 34.8 Å². The molecule has 1 atom stereocenters. The molecule has 2 aromatic carbocycles. The lowest BCUT2D eigenvalue weighted by molar-refractivity contribution is -0.119. The van der Waals surface area contributed by atoms with E-state index in [0.717, 1.165) is 59.1 Å². The molecule has 3 aromatic rings. The number of rotatable bonds is 4. The summed E-state index contributed by atoms with van der Waals surface area (Å²) in [5.41, 5.74) is 10.1. The number of fused-ring (bicyclic) bond motifs is 1. The van der Waals surface area contributed by atoms with Gasteiger partial charge in [0.1, 0.15) is 0 Å². The molecule has 1 aliphatic heterocycles. The lowest BCUT2D eigenvalue weighted by atomic mass is 9.96. The fraction of sp³-hybridized carbons (Fsp3) is 0.304. The van der Waals surface area contributed by atoms with Gasteiger partial charge in [0.25, 0.3) is 5.91 Å². The highest BCUT2D eigenvalue weighted by Crippen LogP contribution is 2.31. The molecule has 2 heterocycles. The van der Waals surface area contributed by atoms with Crippen LogP contribution >= 0.6 is 0 Å². The summed E-state index contributed by atoms with van der Waals surface area (Å²) in [5.74, 6) is -0.536. The Labute approximate surface area is 164 Å². The molecule has 5 nitrogen and oxygen atoms in total. The summed E-state index contributed by atoms with van der Waals surface area (Å²) in [7, 11) is 0. The maximum atomic E-state index is 12.9. The number of piperidine rings is 1. The molecule has 1 aromatic heterocycles. The first-order valence-corrected chi connectivity index (χ1v) is 9.84. The molecule has 1 aliphatic rings. The van der Waals surface area contributed by atoms with Gasteiger partial charge in [-0.3, -0.25) is 9.59 Å². The maximum absolute atomic E-state index is 12.9. The van der Waals surface area contributed by atoms with Crippen LogP contribution in [0.15, 0.2) is 48.7 Å². The number of aromatic amines is 1. The molecule has 0 spiro atoms. The van der Waals surface area contributed by atoms with Crippen LogP contribution in [0.4, 0.5) is 0 Å². The monoisotopic (exact) mass is 375 g/mol. The van der Waals surface area contributed by atoms with Crippen LogP contribution in [0.3, 0.4) is 0 Å². The summed E-state index contributed by atoms with van der Waals surface area (Å²) >= 11 is 0. The molecule has 0 saturated carbocycles. The Balaban J connectivity index is 1.66. The quantitative estimate of drug-likeness (QED) is 0.721. The van der Waals surface area contributed by atoms with Crippen LogP contribution in [0.2, 0.25) is 0 Å². The van der Waals surface area contributed by atoms with Crippen molar-refractivity contribution >= 4 is 22.7 Å². The van der Waals surface area contributed by atoms with Gasteiger partial charge >= 0.3 is 0 Å². The number of carbonyl (C=O) groups excluding carboxylic acids is 2. The topological polar surface area (TPSA) is 79.2 Å². The molecule has 144 valence electrons. The zero-order chi connectivity index (χ0) is 19.7. The van der Waals surface area contributed by atoms with E-state index in [1.165, 1.54) is 6.42 Å². The van der Waals surface area contributed by atoms with Gasteiger partial charge in [-0.2, -0.15) is 0 Å². The first-order chi connectivity index (χ1) is 13.5. The highest BCUT2D eigenvalue weighted by molar-refractivity contribution is 6.02. The predicted octanol–water partition coefficient (Wildman–Crippen LogP) is 4.05. The lowest BCUT2D eigenvalue weighted by Gasteiger charge is -2.26. The van der Waals surface area contributed by atoms with E-state index in [1.54, 1.807) is 0 Å². The molecule has 4 rings (SSSR count). The molecule has 1 saturated heterocycles. The first kappa shape index (κ1) is 18.3. The molecule has 3 N–H and O–H groups in total. The number of benzene rings is 2. The van der Waals surface area contributed by atoms with Crippen molar-refractivity contribution in [2.75, 3.05) is 13.1 Å². The van der Waals surface area contributed by atoms with E-state index in [4.69, 9.17) is 5.73 Å². The van der Waals surface area contributed by atoms with Crippen molar-refractivity contribution < 1.29 is 9.59 Å². The van der Waals surface area contributed by atoms with Gasteiger partial charge in [-0.1, -0.05) is 24.3 Å². The Morgan fingerprint density at radius 2 is 1.75 bits per heavy atom. The molecule has 0 bridgehead atoms. The second-order valence-corrected chi connectivity index (χ2v) is 7.56. The van der Waals surface area contributed by atoms with E-state index < -0.39 is 0 Å². The van der Waals surface area contributed by atoms with E-state index in [0.29, 0.717) is 0 Å². The van der Waals surface area contributed by atoms with Gasteiger partial charge in [-0.05, 0) is 55.5 Å². The van der Waals surface area contributed by atoms with Gasteiger partial charge < -0.3 is 15.6 Å². The molecular weight excluding hydrogens is 350 g/mol. The number of H-pyrrole nitrogens is 1.